The highest BCUT2D eigenvalue weighted by Crippen LogP contribution is 2.22. The normalized spacial score (nSPS) is 10.4. The van der Waals surface area contributed by atoms with E-state index in [0.29, 0.717) is 12.1 Å². The molecule has 5 nitrogen and oxygen atoms in total. The Balaban J connectivity index is 2.36. The number of benzene rings is 1. The summed E-state index contributed by atoms with van der Waals surface area (Å²) >= 11 is 5.58. The van der Waals surface area contributed by atoms with E-state index in [2.05, 4.69) is 20.3 Å². The molecular formula is C10H6ClF3N4O. The van der Waals surface area contributed by atoms with Gasteiger partial charge in [0.1, 0.15) is 5.82 Å². The summed E-state index contributed by atoms with van der Waals surface area (Å²) < 4.78 is 43.9. The largest absolute Gasteiger partial charge is 0.467 e. The Hall–Kier alpha value is -2.09. The molecule has 2 rings (SSSR count). The van der Waals surface area contributed by atoms with Crippen molar-refractivity contribution in [1.29, 1.82) is 0 Å². The maximum atomic E-state index is 13.4. The lowest BCUT2D eigenvalue weighted by atomic mass is 10.3. The van der Waals surface area contributed by atoms with Gasteiger partial charge in [-0.05, 0) is 11.6 Å². The second-order valence-electron chi connectivity index (χ2n) is 3.29. The summed E-state index contributed by atoms with van der Waals surface area (Å²) in [7, 11) is 1.30. The molecule has 0 spiro atoms. The van der Waals surface area contributed by atoms with Crippen LogP contribution in [0.3, 0.4) is 0 Å². The molecule has 9 heteroatoms. The highest BCUT2D eigenvalue weighted by molar-refractivity contribution is 6.28. The Morgan fingerprint density at radius 2 is 1.74 bits per heavy atom. The van der Waals surface area contributed by atoms with Crippen molar-refractivity contribution < 1.29 is 17.9 Å². The molecule has 1 heterocycles. The molecule has 0 fully saturated rings. The van der Waals surface area contributed by atoms with Crippen molar-refractivity contribution in [1.82, 2.24) is 15.0 Å². The van der Waals surface area contributed by atoms with Crippen LogP contribution in [-0.4, -0.2) is 22.1 Å². The van der Waals surface area contributed by atoms with Gasteiger partial charge in [-0.25, -0.2) is 13.2 Å². The standard InChI is InChI=1S/C10H6ClF3N4O/c1-19-10-17-8(11)16-9(18-10)15-7-3-5(13)4(12)2-6(7)14/h2-3H,1H3,(H,15,16,17,18). The molecule has 0 bridgehead atoms. The number of ether oxygens (including phenoxy) is 1. The molecule has 0 aliphatic rings. The molecule has 0 amide bonds. The number of hydrogen-bond donors (Lipinski definition) is 1. The van der Waals surface area contributed by atoms with Gasteiger partial charge in [0.2, 0.25) is 11.2 Å². The van der Waals surface area contributed by atoms with Gasteiger partial charge in [0.15, 0.2) is 11.6 Å². The first-order valence-electron chi connectivity index (χ1n) is 4.86. The third-order valence-corrected chi connectivity index (χ3v) is 2.20. The Morgan fingerprint density at radius 3 is 2.42 bits per heavy atom. The maximum Gasteiger partial charge on any atom is 0.322 e. The zero-order valence-electron chi connectivity index (χ0n) is 9.42. The minimum Gasteiger partial charge on any atom is -0.467 e. The fourth-order valence-corrected chi connectivity index (χ4v) is 1.37. The molecule has 2 aromatic rings. The van der Waals surface area contributed by atoms with Crippen LogP contribution in [-0.2, 0) is 0 Å². The minimum absolute atomic E-state index is 0.106. The SMILES string of the molecule is COc1nc(Cl)nc(Nc2cc(F)c(F)cc2F)n1. The summed E-state index contributed by atoms with van der Waals surface area (Å²) in [5.41, 5.74) is -0.344. The predicted octanol–water partition coefficient (Wildman–Crippen LogP) is 2.69. The summed E-state index contributed by atoms with van der Waals surface area (Å²) in [5, 5.41) is 2.15. The minimum atomic E-state index is -1.30. The van der Waals surface area contributed by atoms with Crippen molar-refractivity contribution in [2.24, 2.45) is 0 Å². The number of nitrogens with zero attached hydrogens (tertiary/aromatic N) is 3. The molecule has 1 aromatic carbocycles. The van der Waals surface area contributed by atoms with Crippen molar-refractivity contribution in [2.75, 3.05) is 12.4 Å². The molecule has 100 valence electrons. The fraction of sp³-hybridized carbons (Fsp3) is 0.100. The summed E-state index contributed by atoms with van der Waals surface area (Å²) in [5.74, 6) is -3.68. The van der Waals surface area contributed by atoms with Gasteiger partial charge in [0.25, 0.3) is 0 Å². The van der Waals surface area contributed by atoms with Crippen LogP contribution in [0.15, 0.2) is 12.1 Å². The van der Waals surface area contributed by atoms with E-state index in [1.54, 1.807) is 0 Å². The molecule has 1 N–H and O–H groups in total. The van der Waals surface area contributed by atoms with Gasteiger partial charge in [-0.3, -0.25) is 0 Å². The first-order chi connectivity index (χ1) is 8.99. The number of anilines is 2. The average molecular weight is 291 g/mol. The van der Waals surface area contributed by atoms with Crippen LogP contribution < -0.4 is 10.1 Å². The second-order valence-corrected chi connectivity index (χ2v) is 3.62. The van der Waals surface area contributed by atoms with Gasteiger partial charge in [0.05, 0.1) is 12.8 Å². The van der Waals surface area contributed by atoms with Crippen LogP contribution in [0, 0.1) is 17.5 Å². The Morgan fingerprint density at radius 1 is 1.05 bits per heavy atom. The third kappa shape index (κ3) is 3.02. The number of methoxy groups -OCH3 is 1. The lowest BCUT2D eigenvalue weighted by Gasteiger charge is -2.07. The van der Waals surface area contributed by atoms with E-state index in [1.165, 1.54) is 7.11 Å². The summed E-state index contributed by atoms with van der Waals surface area (Å²) in [6, 6.07) is 0.928. The number of hydrogen-bond acceptors (Lipinski definition) is 5. The lowest BCUT2D eigenvalue weighted by Crippen LogP contribution is -2.04. The van der Waals surface area contributed by atoms with E-state index < -0.39 is 17.5 Å². The number of rotatable bonds is 3. The molecule has 0 atom stereocenters. The van der Waals surface area contributed by atoms with Crippen molar-refractivity contribution in [2.45, 2.75) is 0 Å². The molecule has 0 aliphatic heterocycles. The van der Waals surface area contributed by atoms with E-state index in [0.717, 1.165) is 0 Å². The first kappa shape index (κ1) is 13.3. The molecule has 19 heavy (non-hydrogen) atoms. The van der Waals surface area contributed by atoms with Crippen molar-refractivity contribution in [3.63, 3.8) is 0 Å². The molecule has 0 saturated heterocycles. The molecule has 0 saturated carbocycles. The monoisotopic (exact) mass is 290 g/mol. The predicted molar refractivity (Wildman–Crippen MR) is 61.0 cm³/mol. The lowest BCUT2D eigenvalue weighted by molar-refractivity contribution is 0.379. The maximum absolute atomic E-state index is 13.4. The van der Waals surface area contributed by atoms with Gasteiger partial charge in [0, 0.05) is 12.1 Å². The van der Waals surface area contributed by atoms with E-state index >= 15 is 0 Å². The van der Waals surface area contributed by atoms with Crippen molar-refractivity contribution >= 4 is 23.2 Å². The first-order valence-corrected chi connectivity index (χ1v) is 5.24. The zero-order chi connectivity index (χ0) is 14.0. The van der Waals surface area contributed by atoms with Crippen LogP contribution in [0.5, 0.6) is 6.01 Å². The van der Waals surface area contributed by atoms with Crippen LogP contribution in [0.25, 0.3) is 0 Å². The number of nitrogens with one attached hydrogen (secondary N) is 1. The highest BCUT2D eigenvalue weighted by atomic mass is 35.5. The summed E-state index contributed by atoms with van der Waals surface area (Å²) in [4.78, 5) is 11.0. The fourth-order valence-electron chi connectivity index (χ4n) is 1.22. The van der Waals surface area contributed by atoms with Gasteiger partial charge in [-0.1, -0.05) is 0 Å². The van der Waals surface area contributed by atoms with Crippen LogP contribution in [0.2, 0.25) is 5.28 Å². The molecule has 0 unspecified atom stereocenters. The second kappa shape index (κ2) is 5.27. The summed E-state index contributed by atoms with van der Waals surface area (Å²) in [6.45, 7) is 0. The van der Waals surface area contributed by atoms with E-state index in [9.17, 15) is 13.2 Å². The molecular weight excluding hydrogens is 285 g/mol. The third-order valence-electron chi connectivity index (χ3n) is 2.03. The van der Waals surface area contributed by atoms with Gasteiger partial charge in [-0.2, -0.15) is 15.0 Å². The van der Waals surface area contributed by atoms with Crippen LogP contribution >= 0.6 is 11.6 Å². The quantitative estimate of drug-likeness (QED) is 0.881. The average Bonchev–Trinajstić information content (AvgIpc) is 2.35. The highest BCUT2D eigenvalue weighted by Gasteiger charge is 2.12. The number of halogens is 4. The van der Waals surface area contributed by atoms with Gasteiger partial charge in [-0.15, -0.1) is 0 Å². The van der Waals surface area contributed by atoms with E-state index in [1.807, 2.05) is 0 Å². The van der Waals surface area contributed by atoms with Crippen molar-refractivity contribution in [3.8, 4) is 6.01 Å². The van der Waals surface area contributed by atoms with Crippen LogP contribution in [0.4, 0.5) is 24.8 Å². The van der Waals surface area contributed by atoms with Crippen molar-refractivity contribution in [3.05, 3.63) is 34.9 Å². The molecule has 0 aliphatic carbocycles. The smallest absolute Gasteiger partial charge is 0.322 e. The molecule has 0 radical (unpaired) electrons. The number of aromatic nitrogens is 3. The van der Waals surface area contributed by atoms with Gasteiger partial charge < -0.3 is 10.1 Å². The molecule has 1 aromatic heterocycles. The summed E-state index contributed by atoms with van der Waals surface area (Å²) in [6.07, 6.45) is 0. The Kier molecular flexibility index (Phi) is 3.70. The topological polar surface area (TPSA) is 59.9 Å². The Bertz CT molecular complexity index is 626. The Labute approximate surface area is 110 Å². The van der Waals surface area contributed by atoms with E-state index in [-0.39, 0.29) is 22.9 Å². The van der Waals surface area contributed by atoms with Crippen LogP contribution in [0.1, 0.15) is 0 Å². The van der Waals surface area contributed by atoms with E-state index in [4.69, 9.17) is 16.3 Å². The zero-order valence-corrected chi connectivity index (χ0v) is 10.2. The van der Waals surface area contributed by atoms with Gasteiger partial charge >= 0.3 is 6.01 Å².